The molecule has 8 heteroatoms. The lowest BCUT2D eigenvalue weighted by molar-refractivity contribution is 0.450. The van der Waals surface area contributed by atoms with Gasteiger partial charge >= 0.3 is 0 Å². The molecule has 0 amide bonds. The first-order chi connectivity index (χ1) is 6.73. The van der Waals surface area contributed by atoms with Crippen molar-refractivity contribution in [1.82, 2.24) is 0 Å². The molecule has 2 N–H and O–H groups in total. The van der Waals surface area contributed by atoms with Gasteiger partial charge in [0.15, 0.2) is 0 Å². The lowest BCUT2D eigenvalue weighted by Gasteiger charge is -2.12. The Bertz CT molecular complexity index is 387. The van der Waals surface area contributed by atoms with Gasteiger partial charge in [-0.2, -0.15) is 16.8 Å². The van der Waals surface area contributed by atoms with Crippen LogP contribution in [0.1, 0.15) is 41.0 Å². The average molecular weight is 276 g/mol. The van der Waals surface area contributed by atoms with E-state index in [1.165, 1.54) is 27.7 Å². The third kappa shape index (κ3) is 8.03. The summed E-state index contributed by atoms with van der Waals surface area (Å²) >= 11 is 0. The molecule has 0 spiro atoms. The molecular formula is C8H20O6S2. The van der Waals surface area contributed by atoms with Crippen LogP contribution in [0.3, 0.4) is 0 Å². The van der Waals surface area contributed by atoms with Gasteiger partial charge in [0, 0.05) is 0 Å². The first-order valence-electron chi connectivity index (χ1n) is 4.66. The Kier molecular flexibility index (Phi) is 6.76. The molecule has 100 valence electrons. The van der Waals surface area contributed by atoms with Crippen LogP contribution in [0.25, 0.3) is 0 Å². The van der Waals surface area contributed by atoms with Crippen LogP contribution in [-0.2, 0) is 20.2 Å². The van der Waals surface area contributed by atoms with Crippen LogP contribution in [0.15, 0.2) is 0 Å². The molecule has 0 saturated carbocycles. The zero-order valence-corrected chi connectivity index (χ0v) is 11.8. The van der Waals surface area contributed by atoms with Crippen molar-refractivity contribution in [3.63, 3.8) is 0 Å². The van der Waals surface area contributed by atoms with Crippen molar-refractivity contribution in [2.75, 3.05) is 0 Å². The predicted octanol–water partition coefficient (Wildman–Crippen LogP) is 1.35. The number of hydrogen-bond acceptors (Lipinski definition) is 4. The van der Waals surface area contributed by atoms with Crippen LogP contribution in [-0.4, -0.2) is 35.9 Å². The fraction of sp³-hybridized carbons (Fsp3) is 1.00. The predicted molar refractivity (Wildman–Crippen MR) is 62.6 cm³/mol. The molecule has 0 aliphatic rings. The van der Waals surface area contributed by atoms with Gasteiger partial charge in [0.05, 0.1) is 10.00 Å². The Balaban J connectivity index is 0. The van der Waals surface area contributed by atoms with Crippen molar-refractivity contribution in [3.05, 3.63) is 0 Å². The highest BCUT2D eigenvalue weighted by molar-refractivity contribution is 7.87. The standard InChI is InChI=1S/2C4H10O3S/c1-4(2,3)8(5,6)7;1-3-4(2)8(5,6)7/h1-3H3,(H,5,6,7);4H,3H2,1-2H3,(H,5,6,7). The summed E-state index contributed by atoms with van der Waals surface area (Å²) in [5, 5.41) is -0.623. The summed E-state index contributed by atoms with van der Waals surface area (Å²) < 4.78 is 56.2. The third-order valence-electron chi connectivity index (χ3n) is 1.86. The summed E-state index contributed by atoms with van der Waals surface area (Å²) in [6, 6.07) is 0. The van der Waals surface area contributed by atoms with Crippen LogP contribution < -0.4 is 0 Å². The molecular weight excluding hydrogens is 256 g/mol. The Morgan fingerprint density at radius 1 is 1.06 bits per heavy atom. The largest absolute Gasteiger partial charge is 0.285 e. The van der Waals surface area contributed by atoms with Gasteiger partial charge in [0.2, 0.25) is 0 Å². The Morgan fingerprint density at radius 3 is 1.31 bits per heavy atom. The molecule has 0 aromatic heterocycles. The van der Waals surface area contributed by atoms with Crippen LogP contribution in [0, 0.1) is 0 Å². The molecule has 0 heterocycles. The van der Waals surface area contributed by atoms with Crippen LogP contribution in [0.5, 0.6) is 0 Å². The molecule has 1 unspecified atom stereocenters. The highest BCUT2D eigenvalue weighted by Gasteiger charge is 2.25. The van der Waals surface area contributed by atoms with Crippen molar-refractivity contribution in [2.45, 2.75) is 51.0 Å². The summed E-state index contributed by atoms with van der Waals surface area (Å²) in [5.41, 5.74) is 0. The molecule has 0 aromatic carbocycles. The van der Waals surface area contributed by atoms with E-state index >= 15 is 0 Å². The minimum absolute atomic E-state index is 0.457. The van der Waals surface area contributed by atoms with E-state index in [4.69, 9.17) is 9.11 Å². The summed E-state index contributed by atoms with van der Waals surface area (Å²) in [6.45, 7) is 7.47. The molecule has 0 radical (unpaired) electrons. The van der Waals surface area contributed by atoms with E-state index in [1.54, 1.807) is 6.92 Å². The van der Waals surface area contributed by atoms with E-state index in [-0.39, 0.29) is 0 Å². The first-order valence-corrected chi connectivity index (χ1v) is 7.61. The zero-order valence-electron chi connectivity index (χ0n) is 10.1. The van der Waals surface area contributed by atoms with Crippen molar-refractivity contribution < 1.29 is 25.9 Å². The zero-order chi connectivity index (χ0) is 13.8. The van der Waals surface area contributed by atoms with Gasteiger partial charge in [0.1, 0.15) is 0 Å². The van der Waals surface area contributed by atoms with Gasteiger partial charge in [-0.3, -0.25) is 9.11 Å². The number of rotatable bonds is 2. The van der Waals surface area contributed by atoms with Gasteiger partial charge in [0.25, 0.3) is 20.2 Å². The van der Waals surface area contributed by atoms with Gasteiger partial charge in [-0.15, -0.1) is 0 Å². The molecule has 0 saturated heterocycles. The van der Waals surface area contributed by atoms with Gasteiger partial charge in [-0.25, -0.2) is 0 Å². The van der Waals surface area contributed by atoms with Crippen molar-refractivity contribution in [3.8, 4) is 0 Å². The number of hydrogen-bond donors (Lipinski definition) is 2. The van der Waals surface area contributed by atoms with E-state index in [1.807, 2.05) is 0 Å². The SMILES string of the molecule is CC(C)(C)S(=O)(=O)O.CCC(C)S(=O)(=O)O. The molecule has 0 fully saturated rings. The summed E-state index contributed by atoms with van der Waals surface area (Å²) in [6.07, 6.45) is 0.457. The van der Waals surface area contributed by atoms with Crippen LogP contribution >= 0.6 is 0 Å². The molecule has 16 heavy (non-hydrogen) atoms. The second-order valence-electron chi connectivity index (χ2n) is 4.32. The van der Waals surface area contributed by atoms with Crippen LogP contribution in [0.4, 0.5) is 0 Å². The second kappa shape index (κ2) is 5.95. The minimum atomic E-state index is -3.84. The van der Waals surface area contributed by atoms with Crippen molar-refractivity contribution in [2.24, 2.45) is 0 Å². The maximum atomic E-state index is 10.2. The Hall–Kier alpha value is -0.180. The molecule has 6 nitrogen and oxygen atoms in total. The Labute approximate surface area is 97.6 Å². The van der Waals surface area contributed by atoms with E-state index < -0.39 is 30.2 Å². The fourth-order valence-electron chi connectivity index (χ4n) is 0.211. The molecule has 1 atom stereocenters. The molecule has 0 bridgehead atoms. The lowest BCUT2D eigenvalue weighted by atomic mass is 10.3. The molecule has 0 aromatic rings. The van der Waals surface area contributed by atoms with Gasteiger partial charge < -0.3 is 0 Å². The smallest absolute Gasteiger partial charge is 0.269 e. The lowest BCUT2D eigenvalue weighted by Crippen LogP contribution is -2.26. The monoisotopic (exact) mass is 276 g/mol. The van der Waals surface area contributed by atoms with Crippen molar-refractivity contribution in [1.29, 1.82) is 0 Å². The third-order valence-corrected chi connectivity index (χ3v) is 4.76. The van der Waals surface area contributed by atoms with Gasteiger partial charge in [-0.1, -0.05) is 6.92 Å². The normalized spacial score (nSPS) is 14.9. The maximum Gasteiger partial charge on any atom is 0.269 e. The fourth-order valence-corrected chi connectivity index (χ4v) is 0.632. The maximum absolute atomic E-state index is 10.2. The average Bonchev–Trinajstić information content (AvgIpc) is 1.98. The second-order valence-corrected chi connectivity index (χ2v) is 8.33. The quantitative estimate of drug-likeness (QED) is 0.737. The highest BCUT2D eigenvalue weighted by Crippen LogP contribution is 2.11. The minimum Gasteiger partial charge on any atom is -0.285 e. The molecule has 0 aliphatic carbocycles. The summed E-state index contributed by atoms with van der Waals surface area (Å²) in [5.74, 6) is 0. The van der Waals surface area contributed by atoms with E-state index in [0.29, 0.717) is 6.42 Å². The Morgan fingerprint density at radius 2 is 1.31 bits per heavy atom. The highest BCUT2D eigenvalue weighted by atomic mass is 32.2. The van der Waals surface area contributed by atoms with Gasteiger partial charge in [-0.05, 0) is 34.1 Å². The summed E-state index contributed by atoms with van der Waals surface area (Å²) in [4.78, 5) is 0. The topological polar surface area (TPSA) is 109 Å². The summed E-state index contributed by atoms with van der Waals surface area (Å²) in [7, 11) is -7.59. The van der Waals surface area contributed by atoms with Crippen molar-refractivity contribution >= 4 is 20.2 Å². The van der Waals surface area contributed by atoms with E-state index in [9.17, 15) is 16.8 Å². The molecule has 0 rings (SSSR count). The first kappa shape index (κ1) is 18.2. The van der Waals surface area contributed by atoms with E-state index in [0.717, 1.165) is 0 Å². The van der Waals surface area contributed by atoms with Crippen LogP contribution in [0.2, 0.25) is 0 Å². The molecule has 0 aliphatic heterocycles. The van der Waals surface area contributed by atoms with E-state index in [2.05, 4.69) is 0 Å².